The fourth-order valence-electron chi connectivity index (χ4n) is 1.10. The molecule has 1 aliphatic heterocycles. The molecular weight excluding hydrogens is 196 g/mol. The van der Waals surface area contributed by atoms with E-state index in [0.717, 1.165) is 10.7 Å². The Morgan fingerprint density at radius 2 is 1.92 bits per heavy atom. The van der Waals surface area contributed by atoms with E-state index in [9.17, 15) is 0 Å². The third-order valence-electron chi connectivity index (χ3n) is 1.62. The Balaban J connectivity index is 0.000000396. The zero-order chi connectivity index (χ0) is 9.68. The summed E-state index contributed by atoms with van der Waals surface area (Å²) in [5.74, 6) is 1.01. The van der Waals surface area contributed by atoms with E-state index in [-0.39, 0.29) is 0 Å². The van der Waals surface area contributed by atoms with Crippen molar-refractivity contribution in [3.8, 4) is 0 Å². The van der Waals surface area contributed by atoms with Gasteiger partial charge in [0.05, 0.1) is 0 Å². The molecule has 13 heavy (non-hydrogen) atoms. The van der Waals surface area contributed by atoms with Crippen molar-refractivity contribution in [1.29, 1.82) is 0 Å². The predicted molar refractivity (Wildman–Crippen MR) is 65.5 cm³/mol. The van der Waals surface area contributed by atoms with Crippen molar-refractivity contribution in [1.82, 2.24) is 0 Å². The maximum Gasteiger partial charge on any atom is 0.0289 e. The van der Waals surface area contributed by atoms with Crippen LogP contribution in [0.4, 0.5) is 0 Å². The van der Waals surface area contributed by atoms with Gasteiger partial charge in [-0.15, -0.1) is 24.4 Å². The van der Waals surface area contributed by atoms with Crippen molar-refractivity contribution >= 4 is 30.5 Å². The minimum absolute atomic E-state index is 1.01. The standard InChI is InChI=1S/C9H8S2.C2H6/c10-8-5-7-3-1-2-4-9(7)11-6-8;1-2/h1-5,10H,6H2;1-2H3. The maximum absolute atomic E-state index is 4.33. The molecular formula is C11H14S2. The third-order valence-corrected chi connectivity index (χ3v) is 3.26. The van der Waals surface area contributed by atoms with Gasteiger partial charge in [0, 0.05) is 10.6 Å². The lowest BCUT2D eigenvalue weighted by Gasteiger charge is -2.11. The number of thioether (sulfide) groups is 1. The van der Waals surface area contributed by atoms with Gasteiger partial charge in [-0.1, -0.05) is 32.0 Å². The van der Waals surface area contributed by atoms with Gasteiger partial charge in [0.2, 0.25) is 0 Å². The molecule has 0 fully saturated rings. The van der Waals surface area contributed by atoms with Crippen molar-refractivity contribution in [3.63, 3.8) is 0 Å². The predicted octanol–water partition coefficient (Wildman–Crippen LogP) is 4.09. The van der Waals surface area contributed by atoms with Gasteiger partial charge >= 0.3 is 0 Å². The Kier molecular flexibility index (Phi) is 4.46. The largest absolute Gasteiger partial charge is 0.147 e. The quantitative estimate of drug-likeness (QED) is 0.629. The van der Waals surface area contributed by atoms with E-state index in [1.54, 1.807) is 0 Å². The molecule has 0 amide bonds. The molecule has 2 rings (SSSR count). The number of hydrogen-bond acceptors (Lipinski definition) is 2. The second kappa shape index (κ2) is 5.40. The van der Waals surface area contributed by atoms with Crippen LogP contribution in [0.5, 0.6) is 0 Å². The average molecular weight is 210 g/mol. The number of fused-ring (bicyclic) bond motifs is 1. The van der Waals surface area contributed by atoms with Crippen molar-refractivity contribution < 1.29 is 0 Å². The van der Waals surface area contributed by atoms with Crippen molar-refractivity contribution in [3.05, 3.63) is 34.7 Å². The lowest BCUT2D eigenvalue weighted by molar-refractivity contribution is 1.40. The summed E-state index contributed by atoms with van der Waals surface area (Å²) in [6.45, 7) is 4.00. The molecule has 70 valence electrons. The summed E-state index contributed by atoms with van der Waals surface area (Å²) >= 11 is 6.18. The molecule has 0 N–H and O–H groups in total. The zero-order valence-electron chi connectivity index (χ0n) is 7.95. The first kappa shape index (κ1) is 10.7. The summed E-state index contributed by atoms with van der Waals surface area (Å²) in [7, 11) is 0. The number of benzene rings is 1. The van der Waals surface area contributed by atoms with Gasteiger partial charge in [-0.05, 0) is 22.6 Å². The minimum Gasteiger partial charge on any atom is -0.147 e. The molecule has 0 bridgehead atoms. The first-order valence-corrected chi connectivity index (χ1v) is 5.91. The Hall–Kier alpha value is -0.340. The lowest BCUT2D eigenvalue weighted by Crippen LogP contribution is -1.89. The van der Waals surface area contributed by atoms with Crippen molar-refractivity contribution in [2.45, 2.75) is 18.7 Å². The topological polar surface area (TPSA) is 0 Å². The summed E-state index contributed by atoms with van der Waals surface area (Å²) in [5.41, 5.74) is 1.30. The summed E-state index contributed by atoms with van der Waals surface area (Å²) in [4.78, 5) is 2.53. The summed E-state index contributed by atoms with van der Waals surface area (Å²) in [5, 5.41) is 0. The molecule has 0 nitrogen and oxygen atoms in total. The molecule has 0 aliphatic carbocycles. The van der Waals surface area contributed by atoms with Crippen molar-refractivity contribution in [2.75, 3.05) is 5.75 Å². The van der Waals surface area contributed by atoms with Gasteiger partial charge in [0.25, 0.3) is 0 Å². The first-order chi connectivity index (χ1) is 6.36. The average Bonchev–Trinajstić information content (AvgIpc) is 2.21. The zero-order valence-corrected chi connectivity index (χ0v) is 9.66. The van der Waals surface area contributed by atoms with Crippen molar-refractivity contribution in [2.24, 2.45) is 0 Å². The first-order valence-electron chi connectivity index (χ1n) is 4.47. The molecule has 1 heterocycles. The molecule has 1 aliphatic rings. The van der Waals surface area contributed by atoms with Crippen LogP contribution in [0, 0.1) is 0 Å². The van der Waals surface area contributed by atoms with Crippen LogP contribution in [-0.2, 0) is 0 Å². The molecule has 1 aromatic carbocycles. The van der Waals surface area contributed by atoms with E-state index in [1.807, 2.05) is 25.6 Å². The van der Waals surface area contributed by atoms with Crippen LogP contribution in [0.1, 0.15) is 19.4 Å². The van der Waals surface area contributed by atoms with Crippen LogP contribution in [0.2, 0.25) is 0 Å². The summed E-state index contributed by atoms with van der Waals surface area (Å²) < 4.78 is 0. The molecule has 0 atom stereocenters. The minimum atomic E-state index is 1.01. The molecule has 0 unspecified atom stereocenters. The van der Waals surface area contributed by atoms with Crippen LogP contribution in [0.3, 0.4) is 0 Å². The van der Waals surface area contributed by atoms with Crippen LogP contribution < -0.4 is 0 Å². The van der Waals surface area contributed by atoms with E-state index < -0.39 is 0 Å². The highest BCUT2D eigenvalue weighted by Gasteiger charge is 2.06. The third kappa shape index (κ3) is 2.82. The highest BCUT2D eigenvalue weighted by molar-refractivity contribution is 8.00. The molecule has 2 heteroatoms. The van der Waals surface area contributed by atoms with Crippen LogP contribution in [0.25, 0.3) is 6.08 Å². The second-order valence-electron chi connectivity index (χ2n) is 2.46. The number of hydrogen-bond donors (Lipinski definition) is 1. The normalized spacial score (nSPS) is 13.6. The van der Waals surface area contributed by atoms with E-state index in [4.69, 9.17) is 0 Å². The van der Waals surface area contributed by atoms with Gasteiger partial charge in [0.1, 0.15) is 0 Å². The molecule has 0 saturated carbocycles. The van der Waals surface area contributed by atoms with E-state index in [1.165, 1.54) is 10.5 Å². The van der Waals surface area contributed by atoms with Gasteiger partial charge in [-0.3, -0.25) is 0 Å². The lowest BCUT2D eigenvalue weighted by atomic mass is 10.2. The van der Waals surface area contributed by atoms with Gasteiger partial charge < -0.3 is 0 Å². The summed E-state index contributed by atoms with van der Waals surface area (Å²) in [6, 6.07) is 8.40. The maximum atomic E-state index is 4.33. The van der Waals surface area contributed by atoms with Crippen LogP contribution in [-0.4, -0.2) is 5.75 Å². The van der Waals surface area contributed by atoms with Crippen LogP contribution in [0.15, 0.2) is 34.1 Å². The molecule has 0 spiro atoms. The van der Waals surface area contributed by atoms with E-state index in [2.05, 4.69) is 43.0 Å². The monoisotopic (exact) mass is 210 g/mol. The smallest absolute Gasteiger partial charge is 0.0289 e. The second-order valence-corrected chi connectivity index (χ2v) is 4.05. The molecule has 0 saturated heterocycles. The highest BCUT2D eigenvalue weighted by atomic mass is 32.2. The van der Waals surface area contributed by atoms with Gasteiger partial charge in [-0.25, -0.2) is 0 Å². The Morgan fingerprint density at radius 3 is 2.69 bits per heavy atom. The Bertz CT molecular complexity index is 303. The molecule has 1 aromatic rings. The van der Waals surface area contributed by atoms with Crippen LogP contribution >= 0.6 is 24.4 Å². The number of rotatable bonds is 0. The fraction of sp³-hybridized carbons (Fsp3) is 0.273. The Morgan fingerprint density at radius 1 is 1.23 bits per heavy atom. The van der Waals surface area contributed by atoms with E-state index >= 15 is 0 Å². The molecule has 0 radical (unpaired) electrons. The van der Waals surface area contributed by atoms with Gasteiger partial charge in [-0.2, -0.15) is 0 Å². The number of thiol groups is 1. The molecule has 0 aromatic heterocycles. The highest BCUT2D eigenvalue weighted by Crippen LogP contribution is 2.32. The van der Waals surface area contributed by atoms with Gasteiger partial charge in [0.15, 0.2) is 0 Å². The summed E-state index contributed by atoms with van der Waals surface area (Å²) in [6.07, 6.45) is 2.13. The SMILES string of the molecule is CC.SC1=Cc2ccccc2SC1. The fourth-order valence-corrected chi connectivity index (χ4v) is 2.29. The van der Waals surface area contributed by atoms with E-state index in [0.29, 0.717) is 0 Å². The Labute approximate surface area is 89.8 Å².